The van der Waals surface area contributed by atoms with Crippen molar-refractivity contribution in [2.75, 3.05) is 18.5 Å². The van der Waals surface area contributed by atoms with Crippen LogP contribution in [0.2, 0.25) is 0 Å². The average molecular weight is 274 g/mol. The Balaban J connectivity index is 2.30. The molecule has 1 unspecified atom stereocenters. The lowest BCUT2D eigenvalue weighted by Gasteiger charge is -2.14. The molecule has 0 saturated heterocycles. The number of carbonyl (C=O) groups is 1. The minimum atomic E-state index is -0.991. The number of para-hydroxylation sites is 1. The molecule has 1 heterocycles. The van der Waals surface area contributed by atoms with Crippen LogP contribution in [0.3, 0.4) is 0 Å². The fourth-order valence-electron chi connectivity index (χ4n) is 2.00. The molecule has 0 bridgehead atoms. The largest absolute Gasteiger partial charge is 0.478 e. The number of rotatable bonds is 6. The molecule has 1 atom stereocenters. The van der Waals surface area contributed by atoms with E-state index < -0.39 is 5.97 Å². The third-order valence-corrected chi connectivity index (χ3v) is 2.96. The molecule has 2 N–H and O–H groups in total. The minimum Gasteiger partial charge on any atom is -0.478 e. The molecule has 0 spiro atoms. The van der Waals surface area contributed by atoms with E-state index in [1.54, 1.807) is 6.07 Å². The van der Waals surface area contributed by atoms with Crippen LogP contribution in [0.25, 0.3) is 10.9 Å². The third kappa shape index (κ3) is 3.24. The van der Waals surface area contributed by atoms with Crippen LogP contribution in [0.15, 0.2) is 30.3 Å². The molecule has 0 saturated carbocycles. The van der Waals surface area contributed by atoms with Gasteiger partial charge in [-0.05, 0) is 26.0 Å². The highest BCUT2D eigenvalue weighted by molar-refractivity contribution is 5.98. The Bertz CT molecular complexity index is 613. The summed E-state index contributed by atoms with van der Waals surface area (Å²) in [4.78, 5) is 15.7. The Kier molecular flexibility index (Phi) is 4.53. The van der Waals surface area contributed by atoms with Gasteiger partial charge in [0.2, 0.25) is 0 Å². The molecule has 1 aromatic heterocycles. The summed E-state index contributed by atoms with van der Waals surface area (Å²) in [6.07, 6.45) is -0.00471. The lowest BCUT2D eigenvalue weighted by Crippen LogP contribution is -2.21. The van der Waals surface area contributed by atoms with Crippen LogP contribution in [-0.2, 0) is 4.74 Å². The lowest BCUT2D eigenvalue weighted by molar-refractivity contribution is 0.0696. The molecule has 5 heteroatoms. The molecule has 20 heavy (non-hydrogen) atoms. The first-order chi connectivity index (χ1) is 9.61. The number of carboxylic acid groups (broad SMARTS) is 1. The number of pyridine rings is 1. The number of fused-ring (bicyclic) bond motifs is 1. The van der Waals surface area contributed by atoms with E-state index in [2.05, 4.69) is 10.3 Å². The van der Waals surface area contributed by atoms with E-state index in [-0.39, 0.29) is 11.7 Å². The first-order valence-electron chi connectivity index (χ1n) is 6.60. The van der Waals surface area contributed by atoms with Crippen molar-refractivity contribution >= 4 is 22.7 Å². The second-order valence-electron chi connectivity index (χ2n) is 4.53. The molecule has 106 valence electrons. The number of aromatic nitrogens is 1. The number of anilines is 1. The first kappa shape index (κ1) is 14.3. The summed E-state index contributed by atoms with van der Waals surface area (Å²) in [6, 6.07) is 9.08. The molecule has 0 fully saturated rings. The number of nitrogens with one attached hydrogen (secondary N) is 1. The average Bonchev–Trinajstić information content (AvgIpc) is 2.44. The van der Waals surface area contributed by atoms with E-state index in [0.29, 0.717) is 19.0 Å². The summed E-state index contributed by atoms with van der Waals surface area (Å²) in [5.74, 6) is -0.613. The SMILES string of the molecule is CCOC(C)CNc1nc2ccccc2cc1C(=O)O. The molecule has 0 aliphatic carbocycles. The molecule has 0 aliphatic rings. The fourth-order valence-corrected chi connectivity index (χ4v) is 2.00. The highest BCUT2D eigenvalue weighted by Gasteiger charge is 2.13. The molecule has 0 amide bonds. The highest BCUT2D eigenvalue weighted by atomic mass is 16.5. The molecule has 5 nitrogen and oxygen atoms in total. The summed E-state index contributed by atoms with van der Waals surface area (Å²) in [5.41, 5.74) is 0.941. The minimum absolute atomic E-state index is 0.00471. The predicted molar refractivity (Wildman–Crippen MR) is 78.3 cm³/mol. The van der Waals surface area contributed by atoms with Crippen LogP contribution in [-0.4, -0.2) is 35.3 Å². The highest BCUT2D eigenvalue weighted by Crippen LogP contribution is 2.20. The molecule has 2 aromatic rings. The second-order valence-corrected chi connectivity index (χ2v) is 4.53. The molecule has 0 aliphatic heterocycles. The van der Waals surface area contributed by atoms with Gasteiger partial charge in [0.15, 0.2) is 0 Å². The van der Waals surface area contributed by atoms with Gasteiger partial charge in [-0.25, -0.2) is 9.78 Å². The van der Waals surface area contributed by atoms with Gasteiger partial charge in [0.25, 0.3) is 0 Å². The van der Waals surface area contributed by atoms with Crippen molar-refractivity contribution in [1.82, 2.24) is 4.98 Å². The van der Waals surface area contributed by atoms with Crippen LogP contribution in [0.1, 0.15) is 24.2 Å². The van der Waals surface area contributed by atoms with Crippen molar-refractivity contribution in [2.45, 2.75) is 20.0 Å². The molecule has 1 aromatic carbocycles. The van der Waals surface area contributed by atoms with Gasteiger partial charge in [0.1, 0.15) is 11.4 Å². The zero-order valence-corrected chi connectivity index (χ0v) is 11.6. The smallest absolute Gasteiger partial charge is 0.339 e. The number of hydrogen-bond donors (Lipinski definition) is 2. The maximum atomic E-state index is 11.3. The topological polar surface area (TPSA) is 71.5 Å². The van der Waals surface area contributed by atoms with Gasteiger partial charge in [-0.15, -0.1) is 0 Å². The maximum Gasteiger partial charge on any atom is 0.339 e. The van der Waals surface area contributed by atoms with E-state index in [9.17, 15) is 9.90 Å². The number of ether oxygens (including phenoxy) is 1. The van der Waals surface area contributed by atoms with E-state index in [1.807, 2.05) is 38.1 Å². The summed E-state index contributed by atoms with van der Waals surface area (Å²) in [5, 5.41) is 13.2. The third-order valence-electron chi connectivity index (χ3n) is 2.96. The summed E-state index contributed by atoms with van der Waals surface area (Å²) >= 11 is 0. The summed E-state index contributed by atoms with van der Waals surface area (Å²) < 4.78 is 5.41. The van der Waals surface area contributed by atoms with Gasteiger partial charge >= 0.3 is 5.97 Å². The van der Waals surface area contributed by atoms with E-state index in [0.717, 1.165) is 10.9 Å². The van der Waals surface area contributed by atoms with Crippen molar-refractivity contribution in [3.8, 4) is 0 Å². The monoisotopic (exact) mass is 274 g/mol. The summed E-state index contributed by atoms with van der Waals surface area (Å²) in [6.45, 7) is 4.99. The standard InChI is InChI=1S/C15H18N2O3/c1-3-20-10(2)9-16-14-12(15(18)19)8-11-6-4-5-7-13(11)17-14/h4-8,10H,3,9H2,1-2H3,(H,16,17)(H,18,19). The lowest BCUT2D eigenvalue weighted by atomic mass is 10.1. The van der Waals surface area contributed by atoms with Crippen LogP contribution in [0.5, 0.6) is 0 Å². The van der Waals surface area contributed by atoms with Crippen LogP contribution >= 0.6 is 0 Å². The Morgan fingerprint density at radius 1 is 1.45 bits per heavy atom. The normalized spacial score (nSPS) is 12.3. The fraction of sp³-hybridized carbons (Fsp3) is 0.333. The second kappa shape index (κ2) is 6.34. The van der Waals surface area contributed by atoms with Gasteiger partial charge in [0, 0.05) is 18.5 Å². The number of benzene rings is 1. The zero-order chi connectivity index (χ0) is 14.5. The van der Waals surface area contributed by atoms with Gasteiger partial charge in [-0.2, -0.15) is 0 Å². The van der Waals surface area contributed by atoms with Crippen molar-refractivity contribution < 1.29 is 14.6 Å². The molecular formula is C15H18N2O3. The van der Waals surface area contributed by atoms with E-state index in [1.165, 1.54) is 0 Å². The molecular weight excluding hydrogens is 256 g/mol. The molecule has 0 radical (unpaired) electrons. The Hall–Kier alpha value is -2.14. The van der Waals surface area contributed by atoms with Crippen LogP contribution in [0.4, 0.5) is 5.82 Å². The van der Waals surface area contributed by atoms with Crippen LogP contribution < -0.4 is 5.32 Å². The Morgan fingerprint density at radius 2 is 2.20 bits per heavy atom. The van der Waals surface area contributed by atoms with Crippen molar-refractivity contribution in [3.63, 3.8) is 0 Å². The van der Waals surface area contributed by atoms with E-state index >= 15 is 0 Å². The van der Waals surface area contributed by atoms with Gasteiger partial charge < -0.3 is 15.2 Å². The van der Waals surface area contributed by atoms with Gasteiger partial charge in [0.05, 0.1) is 11.6 Å². The summed E-state index contributed by atoms with van der Waals surface area (Å²) in [7, 11) is 0. The Labute approximate surface area is 117 Å². The van der Waals surface area contributed by atoms with Crippen molar-refractivity contribution in [1.29, 1.82) is 0 Å². The zero-order valence-electron chi connectivity index (χ0n) is 11.6. The van der Waals surface area contributed by atoms with Crippen LogP contribution in [0, 0.1) is 0 Å². The Morgan fingerprint density at radius 3 is 2.90 bits per heavy atom. The number of aromatic carboxylic acids is 1. The van der Waals surface area contributed by atoms with Gasteiger partial charge in [-0.1, -0.05) is 18.2 Å². The first-order valence-corrected chi connectivity index (χ1v) is 6.60. The van der Waals surface area contributed by atoms with Crippen molar-refractivity contribution in [2.24, 2.45) is 0 Å². The van der Waals surface area contributed by atoms with Gasteiger partial charge in [-0.3, -0.25) is 0 Å². The maximum absolute atomic E-state index is 11.3. The number of carboxylic acids is 1. The van der Waals surface area contributed by atoms with E-state index in [4.69, 9.17) is 4.74 Å². The quantitative estimate of drug-likeness (QED) is 0.847. The number of nitrogens with zero attached hydrogens (tertiary/aromatic N) is 1. The predicted octanol–water partition coefficient (Wildman–Crippen LogP) is 2.77. The van der Waals surface area contributed by atoms with Crippen molar-refractivity contribution in [3.05, 3.63) is 35.9 Å². The molecule has 2 rings (SSSR count). The number of hydrogen-bond acceptors (Lipinski definition) is 4.